The molecule has 3 nitrogen and oxygen atoms in total. The van der Waals surface area contributed by atoms with Crippen LogP contribution in [0.2, 0.25) is 0 Å². The van der Waals surface area contributed by atoms with E-state index < -0.39 is 11.6 Å². The molecule has 6 heteroatoms. The van der Waals surface area contributed by atoms with Crippen molar-refractivity contribution in [3.05, 3.63) is 46.6 Å². The zero-order valence-corrected chi connectivity index (χ0v) is 10.9. The quantitative estimate of drug-likeness (QED) is 0.860. The first-order valence-corrected chi connectivity index (χ1v) is 5.72. The fourth-order valence-corrected chi connectivity index (χ4v) is 1.71. The number of halogens is 3. The van der Waals surface area contributed by atoms with Crippen molar-refractivity contribution in [2.75, 3.05) is 7.11 Å². The Morgan fingerprint density at radius 1 is 1.22 bits per heavy atom. The van der Waals surface area contributed by atoms with Gasteiger partial charge in [-0.3, -0.25) is 0 Å². The average Bonchev–Trinajstić information content (AvgIpc) is 2.34. The second kappa shape index (κ2) is 5.30. The van der Waals surface area contributed by atoms with Gasteiger partial charge in [0, 0.05) is 6.07 Å². The Balaban J connectivity index is 2.28. The molecule has 0 aliphatic carbocycles. The van der Waals surface area contributed by atoms with Gasteiger partial charge in [-0.25, -0.2) is 13.8 Å². The Morgan fingerprint density at radius 3 is 2.61 bits per heavy atom. The number of hydrogen-bond donors (Lipinski definition) is 0. The number of methoxy groups -OCH3 is 1. The maximum absolute atomic E-state index is 13.3. The van der Waals surface area contributed by atoms with Gasteiger partial charge in [0.05, 0.1) is 17.8 Å². The number of aromatic nitrogens is 1. The maximum Gasteiger partial charge on any atom is 0.256 e. The monoisotopic (exact) mass is 315 g/mol. The minimum Gasteiger partial charge on any atom is -0.497 e. The van der Waals surface area contributed by atoms with Crippen LogP contribution in [0.4, 0.5) is 8.78 Å². The van der Waals surface area contributed by atoms with Gasteiger partial charge in [-0.05, 0) is 34.1 Å². The van der Waals surface area contributed by atoms with Gasteiger partial charge >= 0.3 is 0 Å². The number of rotatable bonds is 3. The van der Waals surface area contributed by atoms with Crippen LogP contribution in [0, 0.1) is 11.6 Å². The first-order chi connectivity index (χ1) is 8.60. The van der Waals surface area contributed by atoms with Gasteiger partial charge in [0.2, 0.25) is 0 Å². The van der Waals surface area contributed by atoms with E-state index in [0.29, 0.717) is 22.0 Å². The topological polar surface area (TPSA) is 31.4 Å². The molecule has 2 aromatic rings. The van der Waals surface area contributed by atoms with Crippen molar-refractivity contribution in [3.63, 3.8) is 0 Å². The third kappa shape index (κ3) is 2.76. The Morgan fingerprint density at radius 2 is 2.00 bits per heavy atom. The molecule has 94 valence electrons. The average molecular weight is 316 g/mol. The summed E-state index contributed by atoms with van der Waals surface area (Å²) in [5.41, 5.74) is 0. The molecular weight excluding hydrogens is 308 g/mol. The summed E-state index contributed by atoms with van der Waals surface area (Å²) in [5.74, 6) is -0.927. The lowest BCUT2D eigenvalue weighted by Gasteiger charge is -2.08. The SMILES string of the molecule is COc1ccc(Oc2ncc(F)cc2F)c(Br)c1. The molecule has 0 unspecified atom stereocenters. The number of ether oxygens (including phenoxy) is 2. The summed E-state index contributed by atoms with van der Waals surface area (Å²) < 4.78 is 36.9. The van der Waals surface area contributed by atoms with Crippen molar-refractivity contribution >= 4 is 15.9 Å². The lowest BCUT2D eigenvalue weighted by atomic mass is 10.3. The molecular formula is C12H8BrF2NO2. The molecule has 0 radical (unpaired) electrons. The van der Waals surface area contributed by atoms with Gasteiger partial charge in [-0.1, -0.05) is 0 Å². The molecule has 0 saturated heterocycles. The predicted octanol–water partition coefficient (Wildman–Crippen LogP) is 3.92. The molecule has 1 aromatic heterocycles. The largest absolute Gasteiger partial charge is 0.497 e. The Hall–Kier alpha value is -1.69. The van der Waals surface area contributed by atoms with E-state index >= 15 is 0 Å². The first kappa shape index (κ1) is 12.8. The maximum atomic E-state index is 13.3. The minimum atomic E-state index is -0.863. The molecule has 0 amide bonds. The van der Waals surface area contributed by atoms with Crippen LogP contribution in [0.15, 0.2) is 34.9 Å². The fraction of sp³-hybridized carbons (Fsp3) is 0.0833. The summed E-state index contributed by atoms with van der Waals surface area (Å²) in [4.78, 5) is 3.53. The van der Waals surface area contributed by atoms with E-state index in [4.69, 9.17) is 9.47 Å². The summed E-state index contributed by atoms with van der Waals surface area (Å²) >= 11 is 3.26. The molecule has 0 aliphatic rings. The summed E-state index contributed by atoms with van der Waals surface area (Å²) in [6.07, 6.45) is 0.885. The van der Waals surface area contributed by atoms with Crippen molar-refractivity contribution in [2.45, 2.75) is 0 Å². The highest BCUT2D eigenvalue weighted by Gasteiger charge is 2.10. The summed E-state index contributed by atoms with van der Waals surface area (Å²) in [7, 11) is 1.53. The Labute approximate surface area is 110 Å². The third-order valence-corrected chi connectivity index (χ3v) is 2.74. The number of pyridine rings is 1. The van der Waals surface area contributed by atoms with E-state index in [1.807, 2.05) is 0 Å². The van der Waals surface area contributed by atoms with E-state index in [0.717, 1.165) is 6.20 Å². The van der Waals surface area contributed by atoms with Gasteiger partial charge in [0.1, 0.15) is 17.3 Å². The molecule has 0 aliphatic heterocycles. The van der Waals surface area contributed by atoms with Crippen molar-refractivity contribution in [3.8, 4) is 17.4 Å². The molecule has 1 aromatic carbocycles. The smallest absolute Gasteiger partial charge is 0.256 e. The standard InChI is InChI=1S/C12H8BrF2NO2/c1-17-8-2-3-11(9(13)5-8)18-12-10(15)4-7(14)6-16-12/h2-6H,1H3. The van der Waals surface area contributed by atoms with Crippen molar-refractivity contribution in [1.82, 2.24) is 4.98 Å². The second-order valence-electron chi connectivity index (χ2n) is 3.34. The van der Waals surface area contributed by atoms with Gasteiger partial charge in [-0.2, -0.15) is 0 Å². The van der Waals surface area contributed by atoms with E-state index in [9.17, 15) is 8.78 Å². The third-order valence-electron chi connectivity index (χ3n) is 2.12. The highest BCUT2D eigenvalue weighted by atomic mass is 79.9. The molecule has 0 spiro atoms. The molecule has 0 N–H and O–H groups in total. The normalized spacial score (nSPS) is 10.2. The van der Waals surface area contributed by atoms with Gasteiger partial charge in [0.15, 0.2) is 5.82 Å². The summed E-state index contributed by atoms with van der Waals surface area (Å²) in [5, 5.41) is 0. The summed E-state index contributed by atoms with van der Waals surface area (Å²) in [6.45, 7) is 0. The van der Waals surface area contributed by atoms with Crippen LogP contribution in [0.5, 0.6) is 17.4 Å². The zero-order valence-electron chi connectivity index (χ0n) is 9.28. The van der Waals surface area contributed by atoms with Crippen LogP contribution in [0.1, 0.15) is 0 Å². The van der Waals surface area contributed by atoms with Crippen LogP contribution >= 0.6 is 15.9 Å². The summed E-state index contributed by atoms with van der Waals surface area (Å²) in [6, 6.07) is 5.62. The Kier molecular flexibility index (Phi) is 3.76. The lowest BCUT2D eigenvalue weighted by molar-refractivity contribution is 0.404. The number of hydrogen-bond acceptors (Lipinski definition) is 3. The van der Waals surface area contributed by atoms with E-state index in [1.54, 1.807) is 18.2 Å². The molecule has 0 fully saturated rings. The molecule has 0 atom stereocenters. The zero-order chi connectivity index (χ0) is 13.1. The highest BCUT2D eigenvalue weighted by molar-refractivity contribution is 9.10. The lowest BCUT2D eigenvalue weighted by Crippen LogP contribution is -1.94. The molecule has 18 heavy (non-hydrogen) atoms. The van der Waals surface area contributed by atoms with Gasteiger partial charge < -0.3 is 9.47 Å². The molecule has 2 rings (SSSR count). The van der Waals surface area contributed by atoms with Crippen LogP contribution < -0.4 is 9.47 Å². The van der Waals surface area contributed by atoms with E-state index in [-0.39, 0.29) is 5.88 Å². The molecule has 0 bridgehead atoms. The first-order valence-electron chi connectivity index (χ1n) is 4.92. The van der Waals surface area contributed by atoms with Crippen LogP contribution in [0.25, 0.3) is 0 Å². The van der Waals surface area contributed by atoms with Crippen molar-refractivity contribution < 1.29 is 18.3 Å². The van der Waals surface area contributed by atoms with E-state index in [1.165, 1.54) is 7.11 Å². The predicted molar refractivity (Wildman–Crippen MR) is 64.9 cm³/mol. The molecule has 0 saturated carbocycles. The van der Waals surface area contributed by atoms with Gasteiger partial charge in [0.25, 0.3) is 5.88 Å². The van der Waals surface area contributed by atoms with Crippen LogP contribution in [0.3, 0.4) is 0 Å². The van der Waals surface area contributed by atoms with Crippen LogP contribution in [-0.2, 0) is 0 Å². The van der Waals surface area contributed by atoms with Crippen molar-refractivity contribution in [2.24, 2.45) is 0 Å². The minimum absolute atomic E-state index is 0.290. The molecule has 1 heterocycles. The Bertz CT molecular complexity index is 578. The fourth-order valence-electron chi connectivity index (χ4n) is 1.27. The van der Waals surface area contributed by atoms with Crippen molar-refractivity contribution in [1.29, 1.82) is 0 Å². The number of nitrogens with zero attached hydrogens (tertiary/aromatic N) is 1. The number of benzene rings is 1. The van der Waals surface area contributed by atoms with Gasteiger partial charge in [-0.15, -0.1) is 0 Å². The second-order valence-corrected chi connectivity index (χ2v) is 4.19. The highest BCUT2D eigenvalue weighted by Crippen LogP contribution is 2.32. The van der Waals surface area contributed by atoms with E-state index in [2.05, 4.69) is 20.9 Å². The van der Waals surface area contributed by atoms with Crippen LogP contribution in [-0.4, -0.2) is 12.1 Å².